The molecule has 5 heterocycles. The van der Waals surface area contributed by atoms with Crippen LogP contribution in [0.4, 0.5) is 0 Å². The van der Waals surface area contributed by atoms with Gasteiger partial charge in [-0.25, -0.2) is 4.99 Å². The molecule has 1 aromatic rings. The number of H-pyrrole nitrogens is 1. The Morgan fingerprint density at radius 2 is 1.83 bits per heavy atom. The summed E-state index contributed by atoms with van der Waals surface area (Å²) in [6.07, 6.45) is 19.7. The zero-order valence-electron chi connectivity index (χ0n) is 13.0. The molecule has 2 N–H and O–H groups in total. The summed E-state index contributed by atoms with van der Waals surface area (Å²) < 4.78 is 0. The number of aromatic nitrogens is 1. The van der Waals surface area contributed by atoms with Gasteiger partial charge >= 0.3 is 0 Å². The molecule has 0 radical (unpaired) electrons. The van der Waals surface area contributed by atoms with E-state index in [1.54, 1.807) is 0 Å². The molecule has 4 aliphatic rings. The van der Waals surface area contributed by atoms with Crippen LogP contribution in [0.15, 0.2) is 81.7 Å². The first-order valence-electron chi connectivity index (χ1n) is 8.11. The maximum absolute atomic E-state index is 4.70. The number of aromatic amines is 1. The third-order valence-corrected chi connectivity index (χ3v) is 4.30. The Morgan fingerprint density at radius 1 is 0.917 bits per heavy atom. The molecule has 8 bridgehead atoms. The molecule has 1 aromatic heterocycles. The van der Waals surface area contributed by atoms with Crippen molar-refractivity contribution >= 4 is 23.6 Å². The summed E-state index contributed by atoms with van der Waals surface area (Å²) in [6, 6.07) is 4.31. The van der Waals surface area contributed by atoms with Gasteiger partial charge in [-0.15, -0.1) is 0 Å². The second-order valence-corrected chi connectivity index (χ2v) is 6.18. The van der Waals surface area contributed by atoms with Crippen molar-refractivity contribution in [3.05, 3.63) is 82.5 Å². The van der Waals surface area contributed by atoms with E-state index in [1.165, 1.54) is 0 Å². The molecule has 0 aliphatic carbocycles. The van der Waals surface area contributed by atoms with Crippen LogP contribution >= 0.6 is 0 Å². The zero-order valence-corrected chi connectivity index (χ0v) is 13.0. The highest BCUT2D eigenvalue weighted by Gasteiger charge is 2.13. The summed E-state index contributed by atoms with van der Waals surface area (Å²) in [4.78, 5) is 12.8. The largest absolute Gasteiger partial charge is 0.375 e. The molecule has 4 heteroatoms. The monoisotopic (exact) mass is 312 g/mol. The zero-order chi connectivity index (χ0) is 15.9. The van der Waals surface area contributed by atoms with E-state index in [0.29, 0.717) is 0 Å². The fourth-order valence-corrected chi connectivity index (χ4v) is 3.18. The van der Waals surface area contributed by atoms with Crippen LogP contribution in [0.25, 0.3) is 12.2 Å². The van der Waals surface area contributed by atoms with Crippen molar-refractivity contribution in [3.63, 3.8) is 0 Å². The molecule has 0 saturated carbocycles. The molecule has 24 heavy (non-hydrogen) atoms. The molecule has 0 amide bonds. The lowest BCUT2D eigenvalue weighted by Crippen LogP contribution is -2.18. The molecule has 116 valence electrons. The average molecular weight is 312 g/mol. The summed E-state index contributed by atoms with van der Waals surface area (Å²) >= 11 is 0. The lowest BCUT2D eigenvalue weighted by molar-refractivity contribution is 0.838. The van der Waals surface area contributed by atoms with E-state index >= 15 is 0 Å². The first-order chi connectivity index (χ1) is 11.8. The normalized spacial score (nSPS) is 23.5. The number of hydrogen-bond donors (Lipinski definition) is 2. The van der Waals surface area contributed by atoms with Crippen molar-refractivity contribution < 1.29 is 0 Å². The van der Waals surface area contributed by atoms with Crippen LogP contribution in [-0.4, -0.2) is 22.4 Å². The second kappa shape index (κ2) is 5.20. The van der Waals surface area contributed by atoms with Gasteiger partial charge in [-0.3, -0.25) is 4.99 Å². The SMILES string of the molecule is C1=CC2=NC1=CC1C=CC(=CC3=CCC(=N3)C=c3ccc([nH]3)=C2)N1. The first kappa shape index (κ1) is 13.3. The van der Waals surface area contributed by atoms with Crippen molar-refractivity contribution in [3.8, 4) is 0 Å². The molecular weight excluding hydrogens is 296 g/mol. The topological polar surface area (TPSA) is 52.5 Å². The van der Waals surface area contributed by atoms with Gasteiger partial charge in [-0.2, -0.15) is 0 Å². The van der Waals surface area contributed by atoms with Crippen molar-refractivity contribution in [2.45, 2.75) is 12.5 Å². The predicted molar refractivity (Wildman–Crippen MR) is 97.9 cm³/mol. The van der Waals surface area contributed by atoms with Gasteiger partial charge in [0.25, 0.3) is 0 Å². The molecule has 0 fully saturated rings. The Hall–Kier alpha value is -3.14. The van der Waals surface area contributed by atoms with Crippen LogP contribution in [-0.2, 0) is 0 Å². The fraction of sp³-hybridized carbons (Fsp3) is 0.100. The summed E-state index contributed by atoms with van der Waals surface area (Å²) in [5.41, 5.74) is 5.10. The summed E-state index contributed by atoms with van der Waals surface area (Å²) in [7, 11) is 0. The minimum Gasteiger partial charge on any atom is -0.375 e. The van der Waals surface area contributed by atoms with E-state index in [1.807, 2.05) is 12.2 Å². The Kier molecular flexibility index (Phi) is 2.88. The van der Waals surface area contributed by atoms with Gasteiger partial charge in [-0.05, 0) is 54.7 Å². The van der Waals surface area contributed by atoms with E-state index in [-0.39, 0.29) is 6.04 Å². The molecule has 4 nitrogen and oxygen atoms in total. The van der Waals surface area contributed by atoms with Crippen LogP contribution in [0.3, 0.4) is 0 Å². The number of nitrogens with zero attached hydrogens (tertiary/aromatic N) is 2. The molecule has 1 atom stereocenters. The van der Waals surface area contributed by atoms with Gasteiger partial charge in [0.15, 0.2) is 0 Å². The highest BCUT2D eigenvalue weighted by Crippen LogP contribution is 2.18. The van der Waals surface area contributed by atoms with Gasteiger partial charge in [0, 0.05) is 28.5 Å². The van der Waals surface area contributed by atoms with Crippen molar-refractivity contribution in [1.29, 1.82) is 0 Å². The van der Waals surface area contributed by atoms with Gasteiger partial charge in [0.1, 0.15) is 0 Å². The number of rotatable bonds is 0. The molecule has 4 aliphatic heterocycles. The Bertz CT molecular complexity index is 1050. The highest BCUT2D eigenvalue weighted by molar-refractivity contribution is 6.19. The molecule has 0 spiro atoms. The third kappa shape index (κ3) is 2.52. The number of nitrogens with one attached hydrogen (secondary N) is 2. The number of aliphatic imine (C=N–C) groups is 2. The molecule has 5 rings (SSSR count). The number of hydrogen-bond acceptors (Lipinski definition) is 3. The number of allylic oxidation sites excluding steroid dienone is 5. The maximum atomic E-state index is 4.70. The first-order valence-corrected chi connectivity index (χ1v) is 8.11. The summed E-state index contributed by atoms with van der Waals surface area (Å²) in [6.45, 7) is 0. The lowest BCUT2D eigenvalue weighted by Gasteiger charge is -2.06. The van der Waals surface area contributed by atoms with Crippen LogP contribution < -0.4 is 16.0 Å². The Morgan fingerprint density at radius 3 is 2.79 bits per heavy atom. The lowest BCUT2D eigenvalue weighted by atomic mass is 10.2. The summed E-state index contributed by atoms with van der Waals surface area (Å²) in [5, 5.41) is 5.58. The fourth-order valence-electron chi connectivity index (χ4n) is 3.18. The molecule has 1 unspecified atom stereocenters. The summed E-state index contributed by atoms with van der Waals surface area (Å²) in [5.74, 6) is 0. The van der Waals surface area contributed by atoms with E-state index in [0.717, 1.165) is 45.6 Å². The van der Waals surface area contributed by atoms with E-state index < -0.39 is 0 Å². The molecule has 0 aromatic carbocycles. The minimum atomic E-state index is 0.168. The number of fused-ring (bicyclic) bond motifs is 6. The van der Waals surface area contributed by atoms with Crippen LogP contribution in [0.2, 0.25) is 0 Å². The second-order valence-electron chi connectivity index (χ2n) is 6.18. The maximum Gasteiger partial charge on any atom is 0.0658 e. The van der Waals surface area contributed by atoms with Crippen molar-refractivity contribution in [2.75, 3.05) is 0 Å². The standard InChI is InChI=1S/C20H16N4/c1-2-14-10-16-5-6-18(23-16)12-20-8-7-19(24-20)11-17-4-3-15(22-17)9-13(1)21-14/h1-7,9-12,15,22-23H,8H2. The van der Waals surface area contributed by atoms with Gasteiger partial charge in [0.05, 0.1) is 23.1 Å². The quantitative estimate of drug-likeness (QED) is 0.751. The van der Waals surface area contributed by atoms with Gasteiger partial charge in [-0.1, -0.05) is 12.2 Å². The third-order valence-electron chi connectivity index (χ3n) is 4.30. The van der Waals surface area contributed by atoms with E-state index in [2.05, 4.69) is 70.0 Å². The minimum absolute atomic E-state index is 0.168. The van der Waals surface area contributed by atoms with Gasteiger partial charge in [0.2, 0.25) is 0 Å². The van der Waals surface area contributed by atoms with Crippen LogP contribution in [0.5, 0.6) is 0 Å². The van der Waals surface area contributed by atoms with Crippen molar-refractivity contribution in [2.24, 2.45) is 9.98 Å². The van der Waals surface area contributed by atoms with E-state index in [9.17, 15) is 0 Å². The highest BCUT2D eigenvalue weighted by atomic mass is 14.9. The van der Waals surface area contributed by atoms with Crippen LogP contribution in [0.1, 0.15) is 6.42 Å². The Balaban J connectivity index is 1.65. The average Bonchev–Trinajstić information content (AvgIpc) is 3.32. The van der Waals surface area contributed by atoms with Gasteiger partial charge < -0.3 is 10.3 Å². The Labute approximate surface area is 139 Å². The van der Waals surface area contributed by atoms with Crippen molar-refractivity contribution in [1.82, 2.24) is 10.3 Å². The molecule has 0 saturated heterocycles. The van der Waals surface area contributed by atoms with Crippen LogP contribution in [0, 0.1) is 0 Å². The predicted octanol–water partition coefficient (Wildman–Crippen LogP) is 1.62. The molecular formula is C20H16N4. The van der Waals surface area contributed by atoms with E-state index in [4.69, 9.17) is 4.99 Å². The smallest absolute Gasteiger partial charge is 0.0658 e.